The summed E-state index contributed by atoms with van der Waals surface area (Å²) in [6.45, 7) is 13.0. The van der Waals surface area contributed by atoms with Gasteiger partial charge in [0.05, 0.1) is 17.4 Å². The summed E-state index contributed by atoms with van der Waals surface area (Å²) in [6.07, 6.45) is 5.94. The van der Waals surface area contributed by atoms with Crippen LogP contribution in [0, 0.1) is 19.8 Å². The monoisotopic (exact) mass is 439 g/mol. The van der Waals surface area contributed by atoms with Gasteiger partial charge in [-0.1, -0.05) is 6.92 Å². The average molecular weight is 440 g/mol. The van der Waals surface area contributed by atoms with E-state index in [0.29, 0.717) is 18.6 Å². The zero-order chi connectivity index (χ0) is 22.2. The maximum absolute atomic E-state index is 13.0. The maximum atomic E-state index is 13.0. The molecule has 0 amide bonds. The second-order valence-corrected chi connectivity index (χ2v) is 10.1. The molecule has 0 aromatic carbocycles. The summed E-state index contributed by atoms with van der Waals surface area (Å²) in [6, 6.07) is 2.31. The Morgan fingerprint density at radius 3 is 2.88 bits per heavy atom. The van der Waals surface area contributed by atoms with E-state index < -0.39 is 0 Å². The van der Waals surface area contributed by atoms with Crippen molar-refractivity contribution >= 4 is 5.95 Å². The molecule has 1 N–H and O–H groups in total. The van der Waals surface area contributed by atoms with Crippen molar-refractivity contribution in [3.8, 4) is 0 Å². The zero-order valence-corrected chi connectivity index (χ0v) is 19.8. The number of nitrogens with one attached hydrogen (secondary N) is 1. The molecule has 5 heterocycles. The van der Waals surface area contributed by atoms with E-state index in [1.807, 2.05) is 0 Å². The first-order valence-corrected chi connectivity index (χ1v) is 12.3. The van der Waals surface area contributed by atoms with Gasteiger partial charge in [0.25, 0.3) is 5.56 Å². The first-order valence-electron chi connectivity index (χ1n) is 12.3. The smallest absolute Gasteiger partial charge is 0.257 e. The highest BCUT2D eigenvalue weighted by Gasteiger charge is 2.26. The molecule has 32 heavy (non-hydrogen) atoms. The van der Waals surface area contributed by atoms with Crippen LogP contribution in [0.4, 0.5) is 5.95 Å². The number of ether oxygens (including phenoxy) is 1. The minimum absolute atomic E-state index is 0.0387. The Bertz CT molecular complexity index is 1020. The normalized spacial score (nSPS) is 24.2. The van der Waals surface area contributed by atoms with Gasteiger partial charge in [0.2, 0.25) is 5.95 Å². The van der Waals surface area contributed by atoms with Crippen molar-refractivity contribution in [2.75, 3.05) is 31.1 Å². The van der Waals surface area contributed by atoms with Gasteiger partial charge in [0.1, 0.15) is 0 Å². The van der Waals surface area contributed by atoms with Crippen molar-refractivity contribution in [2.45, 2.75) is 78.6 Å². The molecule has 0 spiro atoms. The van der Waals surface area contributed by atoms with Gasteiger partial charge in [0, 0.05) is 63.7 Å². The number of anilines is 1. The first-order chi connectivity index (χ1) is 15.5. The van der Waals surface area contributed by atoms with E-state index in [1.54, 1.807) is 0 Å². The summed E-state index contributed by atoms with van der Waals surface area (Å²) in [5.74, 6) is 1.42. The number of H-pyrrole nitrogens is 1. The van der Waals surface area contributed by atoms with E-state index in [4.69, 9.17) is 9.72 Å². The molecule has 3 aliphatic rings. The van der Waals surface area contributed by atoms with E-state index in [-0.39, 0.29) is 5.56 Å². The quantitative estimate of drug-likeness (QED) is 0.775. The number of nitrogens with zero attached hydrogens (tertiary/aromatic N) is 4. The van der Waals surface area contributed by atoms with E-state index in [2.05, 4.69) is 46.2 Å². The highest BCUT2D eigenvalue weighted by molar-refractivity contribution is 5.35. The van der Waals surface area contributed by atoms with Gasteiger partial charge in [-0.15, -0.1) is 0 Å². The van der Waals surface area contributed by atoms with Crippen LogP contribution in [-0.2, 0) is 30.8 Å². The topological polar surface area (TPSA) is 66.4 Å². The lowest BCUT2D eigenvalue weighted by molar-refractivity contribution is 0.0961. The fourth-order valence-electron chi connectivity index (χ4n) is 5.68. The number of piperidine rings is 1. The Labute approximate surface area is 190 Å². The molecule has 5 rings (SSSR count). The van der Waals surface area contributed by atoms with Crippen LogP contribution in [0.2, 0.25) is 0 Å². The summed E-state index contributed by atoms with van der Waals surface area (Å²) < 4.78 is 8.26. The fraction of sp³-hybridized carbons (Fsp3) is 0.680. The van der Waals surface area contributed by atoms with E-state index in [1.165, 1.54) is 36.2 Å². The summed E-state index contributed by atoms with van der Waals surface area (Å²) >= 11 is 0. The van der Waals surface area contributed by atoms with Crippen LogP contribution in [0.5, 0.6) is 0 Å². The second-order valence-electron chi connectivity index (χ2n) is 10.1. The highest BCUT2D eigenvalue weighted by Crippen LogP contribution is 2.25. The van der Waals surface area contributed by atoms with Crippen molar-refractivity contribution in [3.05, 3.63) is 44.6 Å². The predicted octanol–water partition coefficient (Wildman–Crippen LogP) is 3.16. The van der Waals surface area contributed by atoms with Gasteiger partial charge in [-0.05, 0) is 57.1 Å². The molecule has 2 aromatic heterocycles. The Morgan fingerprint density at radius 1 is 1.22 bits per heavy atom. The predicted molar refractivity (Wildman–Crippen MR) is 126 cm³/mol. The lowest BCUT2D eigenvalue weighted by Gasteiger charge is -2.33. The van der Waals surface area contributed by atoms with Gasteiger partial charge >= 0.3 is 0 Å². The molecule has 0 radical (unpaired) electrons. The third-order valence-electron chi connectivity index (χ3n) is 7.57. The van der Waals surface area contributed by atoms with Gasteiger partial charge in [-0.2, -0.15) is 0 Å². The third kappa shape index (κ3) is 4.37. The van der Waals surface area contributed by atoms with E-state index >= 15 is 0 Å². The number of fused-ring (bicyclic) bond motifs is 1. The van der Waals surface area contributed by atoms with Crippen LogP contribution in [0.25, 0.3) is 0 Å². The number of rotatable bonds is 5. The molecule has 7 nitrogen and oxygen atoms in total. The van der Waals surface area contributed by atoms with Crippen LogP contribution in [0.3, 0.4) is 0 Å². The van der Waals surface area contributed by atoms with Crippen LogP contribution >= 0.6 is 0 Å². The van der Waals surface area contributed by atoms with Crippen LogP contribution in [0.1, 0.15) is 60.8 Å². The lowest BCUT2D eigenvalue weighted by atomic mass is 10.0. The molecule has 2 aromatic rings. The van der Waals surface area contributed by atoms with Crippen molar-refractivity contribution in [2.24, 2.45) is 5.92 Å². The molecule has 2 saturated heterocycles. The molecule has 2 atom stereocenters. The van der Waals surface area contributed by atoms with Crippen molar-refractivity contribution in [1.29, 1.82) is 0 Å². The average Bonchev–Trinajstić information content (AvgIpc) is 3.38. The highest BCUT2D eigenvalue weighted by atomic mass is 16.5. The maximum Gasteiger partial charge on any atom is 0.257 e. The molecule has 0 unspecified atom stereocenters. The van der Waals surface area contributed by atoms with Crippen LogP contribution < -0.4 is 10.5 Å². The number of aryl methyl sites for hydroxylation is 1. The fourth-order valence-corrected chi connectivity index (χ4v) is 5.68. The molecule has 0 bridgehead atoms. The molecular formula is C25H37N5O2. The molecule has 2 fully saturated rings. The summed E-state index contributed by atoms with van der Waals surface area (Å²) in [5.41, 5.74) is 5.85. The Kier molecular flexibility index (Phi) is 6.12. The second kappa shape index (κ2) is 9.02. The molecule has 0 aliphatic carbocycles. The first kappa shape index (κ1) is 21.7. The Balaban J connectivity index is 1.29. The number of aromatic nitrogens is 3. The molecule has 3 aliphatic heterocycles. The molecule has 7 heteroatoms. The van der Waals surface area contributed by atoms with Crippen molar-refractivity contribution < 1.29 is 4.74 Å². The minimum Gasteiger partial charge on any atom is -0.376 e. The molecule has 174 valence electrons. The number of hydrogen-bond acceptors (Lipinski definition) is 5. The summed E-state index contributed by atoms with van der Waals surface area (Å²) in [7, 11) is 0. The van der Waals surface area contributed by atoms with Crippen molar-refractivity contribution in [1.82, 2.24) is 19.4 Å². The van der Waals surface area contributed by atoms with E-state index in [9.17, 15) is 4.79 Å². The molecular weight excluding hydrogens is 402 g/mol. The largest absolute Gasteiger partial charge is 0.376 e. The number of hydrogen-bond donors (Lipinski definition) is 1. The summed E-state index contributed by atoms with van der Waals surface area (Å²) in [4.78, 5) is 25.6. The van der Waals surface area contributed by atoms with Gasteiger partial charge in [-0.25, -0.2) is 4.98 Å². The Morgan fingerprint density at radius 2 is 2.09 bits per heavy atom. The summed E-state index contributed by atoms with van der Waals surface area (Å²) in [5, 5.41) is 0. The van der Waals surface area contributed by atoms with Crippen LogP contribution in [-0.4, -0.2) is 51.8 Å². The van der Waals surface area contributed by atoms with Gasteiger partial charge in [0.15, 0.2) is 0 Å². The minimum atomic E-state index is 0.0387. The Hall–Kier alpha value is -2.12. The van der Waals surface area contributed by atoms with E-state index in [0.717, 1.165) is 69.4 Å². The van der Waals surface area contributed by atoms with Gasteiger partial charge < -0.3 is 14.2 Å². The standard InChI is InChI=1S/C25H37N5O2/c1-17-6-4-9-29(13-17)25-26-23-8-10-28(16-22(23)24(31)27-25)14-20-12-18(2)30(19(20)3)15-21-7-5-11-32-21/h12,17,21H,4-11,13-16H2,1-3H3,(H,26,27,31)/t17-,21-/m1/s1. The number of aromatic amines is 1. The van der Waals surface area contributed by atoms with Gasteiger partial charge in [-0.3, -0.25) is 14.7 Å². The van der Waals surface area contributed by atoms with Crippen molar-refractivity contribution in [3.63, 3.8) is 0 Å². The molecule has 0 saturated carbocycles. The van der Waals surface area contributed by atoms with Crippen LogP contribution in [0.15, 0.2) is 10.9 Å². The SMILES string of the molecule is Cc1cc(CN2CCc3nc(N4CCC[C@@H](C)C4)[nH]c(=O)c3C2)c(C)n1C[C@H]1CCCO1. The lowest BCUT2D eigenvalue weighted by Crippen LogP contribution is -2.39. The zero-order valence-electron chi connectivity index (χ0n) is 19.8. The third-order valence-corrected chi connectivity index (χ3v) is 7.57.